The van der Waals surface area contributed by atoms with Crippen molar-refractivity contribution in [1.29, 1.82) is 0 Å². The Balaban J connectivity index is 2.53. The fourth-order valence-corrected chi connectivity index (χ4v) is 2.22. The standard InChI is InChI=1S/C14H26N2O3/c1-9(14(2,3)4)15-13(19)16-11-8-6-5-7-10(11)12(17)18/h9-11H,5-8H2,1-4H3,(H,17,18)(H2,15,16,19). The molecule has 1 fully saturated rings. The SMILES string of the molecule is CC(NC(=O)NC1CCCCC1C(=O)O)C(C)(C)C. The van der Waals surface area contributed by atoms with Gasteiger partial charge < -0.3 is 15.7 Å². The van der Waals surface area contributed by atoms with E-state index in [2.05, 4.69) is 31.4 Å². The lowest BCUT2D eigenvalue weighted by Gasteiger charge is -2.32. The number of carboxylic acids is 1. The van der Waals surface area contributed by atoms with Gasteiger partial charge in [0.05, 0.1) is 5.92 Å². The second kappa shape index (κ2) is 6.26. The quantitative estimate of drug-likeness (QED) is 0.736. The molecule has 19 heavy (non-hydrogen) atoms. The fourth-order valence-electron chi connectivity index (χ4n) is 2.22. The highest BCUT2D eigenvalue weighted by Crippen LogP contribution is 2.25. The lowest BCUT2D eigenvalue weighted by atomic mass is 9.84. The van der Waals surface area contributed by atoms with E-state index in [4.69, 9.17) is 5.11 Å². The molecular formula is C14H26N2O3. The van der Waals surface area contributed by atoms with Crippen LogP contribution >= 0.6 is 0 Å². The molecule has 1 aliphatic rings. The monoisotopic (exact) mass is 270 g/mol. The number of carbonyl (C=O) groups excluding carboxylic acids is 1. The summed E-state index contributed by atoms with van der Waals surface area (Å²) in [5.41, 5.74) is -0.0178. The van der Waals surface area contributed by atoms with Gasteiger partial charge in [0.2, 0.25) is 0 Å². The summed E-state index contributed by atoms with van der Waals surface area (Å²) in [4.78, 5) is 23.1. The molecule has 0 aromatic carbocycles. The number of urea groups is 1. The number of hydrogen-bond acceptors (Lipinski definition) is 2. The van der Waals surface area contributed by atoms with E-state index in [1.54, 1.807) is 0 Å². The molecule has 2 amide bonds. The minimum Gasteiger partial charge on any atom is -0.481 e. The fraction of sp³-hybridized carbons (Fsp3) is 0.857. The Labute approximate surface area is 115 Å². The van der Waals surface area contributed by atoms with Gasteiger partial charge in [-0.05, 0) is 25.2 Å². The maximum absolute atomic E-state index is 11.9. The molecule has 3 atom stereocenters. The highest BCUT2D eigenvalue weighted by Gasteiger charge is 2.32. The normalized spacial score (nSPS) is 25.5. The van der Waals surface area contributed by atoms with Crippen molar-refractivity contribution >= 4 is 12.0 Å². The number of carbonyl (C=O) groups is 2. The third-order valence-corrected chi connectivity index (χ3v) is 4.05. The Morgan fingerprint density at radius 2 is 1.79 bits per heavy atom. The molecule has 0 bridgehead atoms. The molecule has 3 N–H and O–H groups in total. The summed E-state index contributed by atoms with van der Waals surface area (Å²) in [6.45, 7) is 8.12. The third-order valence-electron chi connectivity index (χ3n) is 4.05. The molecule has 0 heterocycles. The Bertz CT molecular complexity index is 336. The average Bonchev–Trinajstić information content (AvgIpc) is 2.27. The molecular weight excluding hydrogens is 244 g/mol. The lowest BCUT2D eigenvalue weighted by Crippen LogP contribution is -2.52. The van der Waals surface area contributed by atoms with E-state index in [0.717, 1.165) is 19.3 Å². The number of carboxylic acid groups (broad SMARTS) is 1. The molecule has 0 aromatic heterocycles. The van der Waals surface area contributed by atoms with Gasteiger partial charge in [0, 0.05) is 12.1 Å². The Kier molecular flexibility index (Phi) is 5.20. The highest BCUT2D eigenvalue weighted by atomic mass is 16.4. The van der Waals surface area contributed by atoms with Crippen molar-refractivity contribution in [3.05, 3.63) is 0 Å². The first-order chi connectivity index (χ1) is 8.71. The Morgan fingerprint density at radius 1 is 1.21 bits per heavy atom. The van der Waals surface area contributed by atoms with Crippen LogP contribution in [0.1, 0.15) is 53.4 Å². The lowest BCUT2D eigenvalue weighted by molar-refractivity contribution is -0.143. The number of nitrogens with one attached hydrogen (secondary N) is 2. The van der Waals surface area contributed by atoms with E-state index >= 15 is 0 Å². The van der Waals surface area contributed by atoms with Crippen molar-refractivity contribution < 1.29 is 14.7 Å². The molecule has 1 saturated carbocycles. The molecule has 0 radical (unpaired) electrons. The van der Waals surface area contributed by atoms with Crippen molar-refractivity contribution in [2.75, 3.05) is 0 Å². The summed E-state index contributed by atoms with van der Waals surface area (Å²) >= 11 is 0. The van der Waals surface area contributed by atoms with Gasteiger partial charge in [0.15, 0.2) is 0 Å². The van der Waals surface area contributed by atoms with Crippen LogP contribution in [0.25, 0.3) is 0 Å². The van der Waals surface area contributed by atoms with E-state index in [1.165, 1.54) is 0 Å². The highest BCUT2D eigenvalue weighted by molar-refractivity contribution is 5.77. The molecule has 3 unspecified atom stereocenters. The second-order valence-corrected chi connectivity index (χ2v) is 6.54. The molecule has 0 saturated heterocycles. The van der Waals surface area contributed by atoms with E-state index in [0.29, 0.717) is 6.42 Å². The zero-order valence-electron chi connectivity index (χ0n) is 12.3. The van der Waals surface area contributed by atoms with Crippen LogP contribution in [0.15, 0.2) is 0 Å². The van der Waals surface area contributed by atoms with Crippen molar-refractivity contribution in [2.24, 2.45) is 11.3 Å². The van der Waals surface area contributed by atoms with Crippen LogP contribution in [0.4, 0.5) is 4.79 Å². The molecule has 110 valence electrons. The Hall–Kier alpha value is -1.26. The van der Waals surface area contributed by atoms with Crippen LogP contribution < -0.4 is 10.6 Å². The summed E-state index contributed by atoms with van der Waals surface area (Å²) in [7, 11) is 0. The van der Waals surface area contributed by atoms with E-state index in [1.807, 2.05) is 6.92 Å². The molecule has 5 heteroatoms. The van der Waals surface area contributed by atoms with E-state index < -0.39 is 11.9 Å². The minimum absolute atomic E-state index is 0.0178. The largest absolute Gasteiger partial charge is 0.481 e. The van der Waals surface area contributed by atoms with Crippen molar-refractivity contribution in [3.8, 4) is 0 Å². The van der Waals surface area contributed by atoms with Gasteiger partial charge in [-0.2, -0.15) is 0 Å². The van der Waals surface area contributed by atoms with Crippen LogP contribution in [-0.4, -0.2) is 29.2 Å². The van der Waals surface area contributed by atoms with E-state index in [-0.39, 0.29) is 23.5 Å². The van der Waals surface area contributed by atoms with Gasteiger partial charge in [-0.15, -0.1) is 0 Å². The maximum atomic E-state index is 11.9. The topological polar surface area (TPSA) is 78.4 Å². The van der Waals surface area contributed by atoms with Gasteiger partial charge in [-0.25, -0.2) is 4.79 Å². The number of rotatable bonds is 3. The minimum atomic E-state index is -0.811. The smallest absolute Gasteiger partial charge is 0.315 e. The predicted octanol–water partition coefficient (Wildman–Crippen LogP) is 2.36. The second-order valence-electron chi connectivity index (χ2n) is 6.54. The number of aliphatic carboxylic acids is 1. The molecule has 0 spiro atoms. The number of amides is 2. The summed E-state index contributed by atoms with van der Waals surface area (Å²) in [6.07, 6.45) is 3.29. The van der Waals surface area contributed by atoms with Crippen molar-refractivity contribution in [1.82, 2.24) is 10.6 Å². The van der Waals surface area contributed by atoms with Crippen LogP contribution in [0.3, 0.4) is 0 Å². The van der Waals surface area contributed by atoms with Crippen LogP contribution in [-0.2, 0) is 4.79 Å². The maximum Gasteiger partial charge on any atom is 0.315 e. The van der Waals surface area contributed by atoms with Gasteiger partial charge >= 0.3 is 12.0 Å². The van der Waals surface area contributed by atoms with Crippen molar-refractivity contribution in [2.45, 2.75) is 65.5 Å². The number of hydrogen-bond donors (Lipinski definition) is 3. The van der Waals surface area contributed by atoms with Gasteiger partial charge in [0.25, 0.3) is 0 Å². The van der Waals surface area contributed by atoms with Crippen LogP contribution in [0.5, 0.6) is 0 Å². The summed E-state index contributed by atoms with van der Waals surface area (Å²) in [5, 5.41) is 14.9. The van der Waals surface area contributed by atoms with Crippen LogP contribution in [0, 0.1) is 11.3 Å². The molecule has 1 aliphatic carbocycles. The summed E-state index contributed by atoms with van der Waals surface area (Å²) < 4.78 is 0. The molecule has 1 rings (SSSR count). The molecule has 0 aromatic rings. The Morgan fingerprint density at radius 3 is 2.32 bits per heavy atom. The summed E-state index contributed by atoms with van der Waals surface area (Å²) in [5.74, 6) is -1.27. The zero-order chi connectivity index (χ0) is 14.6. The van der Waals surface area contributed by atoms with Gasteiger partial charge in [-0.1, -0.05) is 33.6 Å². The average molecular weight is 270 g/mol. The van der Waals surface area contributed by atoms with Gasteiger partial charge in [-0.3, -0.25) is 4.79 Å². The predicted molar refractivity (Wildman–Crippen MR) is 74.0 cm³/mol. The summed E-state index contributed by atoms with van der Waals surface area (Å²) in [6, 6.07) is -0.488. The van der Waals surface area contributed by atoms with Crippen LogP contribution in [0.2, 0.25) is 0 Å². The first kappa shape index (κ1) is 15.8. The van der Waals surface area contributed by atoms with Crippen molar-refractivity contribution in [3.63, 3.8) is 0 Å². The zero-order valence-corrected chi connectivity index (χ0v) is 12.3. The molecule has 5 nitrogen and oxygen atoms in total. The first-order valence-corrected chi connectivity index (χ1v) is 7.01. The first-order valence-electron chi connectivity index (χ1n) is 7.01. The third kappa shape index (κ3) is 4.73. The van der Waals surface area contributed by atoms with E-state index in [9.17, 15) is 9.59 Å². The molecule has 0 aliphatic heterocycles. The van der Waals surface area contributed by atoms with Gasteiger partial charge in [0.1, 0.15) is 0 Å².